The third-order valence-corrected chi connectivity index (χ3v) is 5.75. The number of nitrogens with zero attached hydrogens (tertiary/aromatic N) is 2. The first-order valence-electron chi connectivity index (χ1n) is 11.1. The number of hydrogen-bond donors (Lipinski definition) is 1. The fourth-order valence-electron chi connectivity index (χ4n) is 4.14. The molecule has 1 aliphatic rings. The molecule has 1 atom stereocenters. The highest BCUT2D eigenvalue weighted by molar-refractivity contribution is 6.51. The number of ether oxygens (including phenoxy) is 4. The summed E-state index contributed by atoms with van der Waals surface area (Å²) in [7, 11) is 4.38. The zero-order valence-corrected chi connectivity index (χ0v) is 20.5. The van der Waals surface area contributed by atoms with Crippen LogP contribution in [0.3, 0.4) is 0 Å². The number of amides is 1. The number of hydrogen-bond acceptors (Lipinski definition) is 9. The Balaban J connectivity index is 1.96. The molecule has 0 bridgehead atoms. The number of methoxy groups -OCH3 is 3. The SMILES string of the molecule is CCOc1ccc(C(O)=C2C(=O)C(=O)N(c3cc(C)on3)[C@H]2c2cc(OC)c(OC)c(OC)c2)cc1. The minimum atomic E-state index is -1.06. The Morgan fingerprint density at radius 1 is 1.03 bits per heavy atom. The molecular formula is C26H26N2O8. The van der Waals surface area contributed by atoms with E-state index in [1.165, 1.54) is 32.3 Å². The van der Waals surface area contributed by atoms with Crippen LogP contribution < -0.4 is 23.8 Å². The monoisotopic (exact) mass is 494 g/mol. The van der Waals surface area contributed by atoms with E-state index in [4.69, 9.17) is 23.5 Å². The van der Waals surface area contributed by atoms with Crippen LogP contribution in [0.1, 0.15) is 29.9 Å². The number of carbonyl (C=O) groups excluding carboxylic acids is 2. The Hall–Kier alpha value is -4.47. The average molecular weight is 495 g/mol. The van der Waals surface area contributed by atoms with Crippen LogP contribution in [-0.4, -0.2) is 49.9 Å². The molecule has 0 unspecified atom stereocenters. The van der Waals surface area contributed by atoms with E-state index in [0.717, 1.165) is 0 Å². The lowest BCUT2D eigenvalue weighted by molar-refractivity contribution is -0.132. The molecule has 0 saturated carbocycles. The number of aromatic nitrogens is 1. The van der Waals surface area contributed by atoms with E-state index in [9.17, 15) is 14.7 Å². The molecule has 36 heavy (non-hydrogen) atoms. The summed E-state index contributed by atoms with van der Waals surface area (Å²) < 4.78 is 27.0. The van der Waals surface area contributed by atoms with Crippen LogP contribution in [-0.2, 0) is 9.59 Å². The summed E-state index contributed by atoms with van der Waals surface area (Å²) >= 11 is 0. The molecule has 0 spiro atoms. The Morgan fingerprint density at radius 3 is 2.17 bits per heavy atom. The molecule has 1 amide bonds. The molecule has 188 valence electrons. The molecule has 2 heterocycles. The van der Waals surface area contributed by atoms with Crippen LogP contribution in [0.5, 0.6) is 23.0 Å². The summed E-state index contributed by atoms with van der Waals surface area (Å²) in [5.41, 5.74) is 0.640. The summed E-state index contributed by atoms with van der Waals surface area (Å²) in [4.78, 5) is 27.8. The van der Waals surface area contributed by atoms with Crippen molar-refractivity contribution in [3.8, 4) is 23.0 Å². The molecule has 1 aliphatic heterocycles. The van der Waals surface area contributed by atoms with E-state index < -0.39 is 17.7 Å². The van der Waals surface area contributed by atoms with Crippen molar-refractivity contribution >= 4 is 23.3 Å². The van der Waals surface area contributed by atoms with E-state index in [1.807, 2.05) is 6.92 Å². The maximum absolute atomic E-state index is 13.3. The lowest BCUT2D eigenvalue weighted by atomic mass is 9.94. The summed E-state index contributed by atoms with van der Waals surface area (Å²) in [6, 6.07) is 10.3. The van der Waals surface area contributed by atoms with Crippen molar-refractivity contribution in [3.05, 3.63) is 64.9 Å². The van der Waals surface area contributed by atoms with Crippen molar-refractivity contribution in [2.75, 3.05) is 32.8 Å². The van der Waals surface area contributed by atoms with E-state index in [1.54, 1.807) is 43.3 Å². The van der Waals surface area contributed by atoms with Crippen molar-refractivity contribution in [3.63, 3.8) is 0 Å². The zero-order chi connectivity index (χ0) is 26.0. The van der Waals surface area contributed by atoms with Gasteiger partial charge in [-0.15, -0.1) is 0 Å². The van der Waals surface area contributed by atoms with Crippen molar-refractivity contribution in [2.45, 2.75) is 19.9 Å². The molecule has 1 saturated heterocycles. The standard InChI is InChI=1S/C26H26N2O8/c1-6-35-17-9-7-15(8-10-17)23(29)21-22(16-12-18(32-3)25(34-5)19(13-16)33-4)28(26(31)24(21)30)20-11-14(2)36-27-20/h7-13,22,29H,6H2,1-5H3/t22-/m0/s1. The van der Waals surface area contributed by atoms with Gasteiger partial charge in [-0.2, -0.15) is 0 Å². The zero-order valence-electron chi connectivity index (χ0n) is 20.5. The van der Waals surface area contributed by atoms with Crippen LogP contribution in [0.15, 0.2) is 52.6 Å². The third-order valence-electron chi connectivity index (χ3n) is 5.75. The van der Waals surface area contributed by atoms with Gasteiger partial charge in [0.1, 0.15) is 17.3 Å². The minimum Gasteiger partial charge on any atom is -0.507 e. The smallest absolute Gasteiger partial charge is 0.301 e. The third kappa shape index (κ3) is 4.21. The first-order chi connectivity index (χ1) is 17.3. The van der Waals surface area contributed by atoms with Gasteiger partial charge in [0.25, 0.3) is 5.78 Å². The highest BCUT2D eigenvalue weighted by Crippen LogP contribution is 2.47. The summed E-state index contributed by atoms with van der Waals surface area (Å²) in [5.74, 6) is 0.0530. The molecule has 1 aromatic heterocycles. The fourth-order valence-corrected chi connectivity index (χ4v) is 4.14. The molecule has 3 aromatic rings. The van der Waals surface area contributed by atoms with E-state index in [2.05, 4.69) is 5.16 Å². The summed E-state index contributed by atoms with van der Waals surface area (Å²) in [5, 5.41) is 15.2. The van der Waals surface area contributed by atoms with Crippen LogP contribution in [0.4, 0.5) is 5.82 Å². The maximum Gasteiger partial charge on any atom is 0.301 e. The van der Waals surface area contributed by atoms with Crippen molar-refractivity contribution in [1.29, 1.82) is 0 Å². The quantitative estimate of drug-likeness (QED) is 0.281. The molecule has 10 nitrogen and oxygen atoms in total. The van der Waals surface area contributed by atoms with Gasteiger partial charge in [-0.3, -0.25) is 14.5 Å². The number of anilines is 1. The van der Waals surface area contributed by atoms with Crippen molar-refractivity contribution < 1.29 is 38.2 Å². The van der Waals surface area contributed by atoms with E-state index in [0.29, 0.717) is 46.5 Å². The predicted molar refractivity (Wildman–Crippen MR) is 130 cm³/mol. The lowest BCUT2D eigenvalue weighted by Gasteiger charge is -2.24. The van der Waals surface area contributed by atoms with Gasteiger partial charge < -0.3 is 28.6 Å². The number of aryl methyl sites for hydroxylation is 1. The highest BCUT2D eigenvalue weighted by atomic mass is 16.5. The topological polar surface area (TPSA) is 121 Å². The summed E-state index contributed by atoms with van der Waals surface area (Å²) in [6.07, 6.45) is 0. The lowest BCUT2D eigenvalue weighted by Crippen LogP contribution is -2.29. The predicted octanol–water partition coefficient (Wildman–Crippen LogP) is 4.03. The van der Waals surface area contributed by atoms with Gasteiger partial charge in [0.05, 0.1) is 39.6 Å². The van der Waals surface area contributed by atoms with Crippen molar-refractivity contribution in [1.82, 2.24) is 5.16 Å². The second kappa shape index (κ2) is 10.0. The highest BCUT2D eigenvalue weighted by Gasteiger charge is 2.48. The van der Waals surface area contributed by atoms with Crippen LogP contribution in [0.25, 0.3) is 5.76 Å². The van der Waals surface area contributed by atoms with Crippen LogP contribution in [0, 0.1) is 6.92 Å². The Bertz CT molecular complexity index is 1300. The first kappa shape index (κ1) is 24.6. The fraction of sp³-hybridized carbons (Fsp3) is 0.269. The van der Waals surface area contributed by atoms with Crippen LogP contribution in [0.2, 0.25) is 0 Å². The van der Waals surface area contributed by atoms with E-state index in [-0.39, 0.29) is 17.2 Å². The summed E-state index contributed by atoms with van der Waals surface area (Å²) in [6.45, 7) is 4.01. The molecule has 0 radical (unpaired) electrons. The molecule has 2 aromatic carbocycles. The Morgan fingerprint density at radius 2 is 1.67 bits per heavy atom. The van der Waals surface area contributed by atoms with Gasteiger partial charge in [0, 0.05) is 11.6 Å². The Kier molecular flexibility index (Phi) is 6.86. The Labute approximate surface area is 207 Å². The molecular weight excluding hydrogens is 468 g/mol. The molecule has 0 aliphatic carbocycles. The minimum absolute atomic E-state index is 0.124. The second-order valence-corrected chi connectivity index (χ2v) is 7.88. The number of ketones is 1. The maximum atomic E-state index is 13.3. The molecule has 1 N–H and O–H groups in total. The molecule has 1 fully saturated rings. The van der Waals surface area contributed by atoms with Crippen molar-refractivity contribution in [2.24, 2.45) is 0 Å². The number of Topliss-reactive ketones (excluding diaryl/α,β-unsaturated/α-hetero) is 1. The number of aliphatic hydroxyl groups is 1. The van der Waals surface area contributed by atoms with E-state index >= 15 is 0 Å². The molecule has 10 heteroatoms. The van der Waals surface area contributed by atoms with Gasteiger partial charge in [-0.05, 0) is 55.8 Å². The number of carbonyl (C=O) groups is 2. The van der Waals surface area contributed by atoms with Gasteiger partial charge in [0.15, 0.2) is 17.3 Å². The van der Waals surface area contributed by atoms with Crippen LogP contribution >= 0.6 is 0 Å². The van der Waals surface area contributed by atoms with Gasteiger partial charge in [-0.1, -0.05) is 5.16 Å². The van der Waals surface area contributed by atoms with Gasteiger partial charge in [0.2, 0.25) is 5.75 Å². The van der Waals surface area contributed by atoms with Gasteiger partial charge in [-0.25, -0.2) is 0 Å². The number of benzene rings is 2. The van der Waals surface area contributed by atoms with Gasteiger partial charge >= 0.3 is 5.91 Å². The largest absolute Gasteiger partial charge is 0.507 e. The number of aliphatic hydroxyl groups excluding tert-OH is 1. The average Bonchev–Trinajstić information content (AvgIpc) is 3.43. The normalized spacial score (nSPS) is 16.8. The second-order valence-electron chi connectivity index (χ2n) is 7.88. The first-order valence-corrected chi connectivity index (χ1v) is 11.1. The molecule has 4 rings (SSSR count). The number of rotatable bonds is 8.